The molecule has 1 aromatic carbocycles. The van der Waals surface area contributed by atoms with Gasteiger partial charge in [-0.05, 0) is 45.9 Å². The second kappa shape index (κ2) is 4.07. The van der Waals surface area contributed by atoms with Crippen molar-refractivity contribution in [3.05, 3.63) is 24.3 Å². The molecule has 1 nitrogen and oxygen atoms in total. The summed E-state index contributed by atoms with van der Waals surface area (Å²) < 4.78 is 4.88. The van der Waals surface area contributed by atoms with Crippen LogP contribution in [-0.4, -0.2) is 0 Å². The van der Waals surface area contributed by atoms with Crippen molar-refractivity contribution < 1.29 is 4.52 Å². The first kappa shape index (κ1) is 8.19. The molecule has 1 rings (SSSR count). The molecule has 0 spiro atoms. The zero-order valence-electron chi connectivity index (χ0n) is 5.08. The molecule has 1 unspecified atom stereocenters. The third-order valence-corrected chi connectivity index (χ3v) is 2.31. The fraction of sp³-hybridized carbons (Fsp3) is 0. The van der Waals surface area contributed by atoms with Crippen LogP contribution in [0, 0.1) is 0 Å². The highest BCUT2D eigenvalue weighted by Gasteiger charge is 1.91. The molecule has 0 N–H and O–H groups in total. The summed E-state index contributed by atoms with van der Waals surface area (Å²) in [5, 5.41) is 0. The highest BCUT2D eigenvalue weighted by Crippen LogP contribution is 2.24. The van der Waals surface area contributed by atoms with Gasteiger partial charge >= 0.3 is 0 Å². The van der Waals surface area contributed by atoms with Gasteiger partial charge in [-0.1, -0.05) is 0 Å². The SMILES string of the molecule is POc1ccc(SCl)cc1. The van der Waals surface area contributed by atoms with Crippen molar-refractivity contribution in [3.8, 4) is 5.75 Å². The summed E-state index contributed by atoms with van der Waals surface area (Å²) in [6.07, 6.45) is 0. The van der Waals surface area contributed by atoms with E-state index in [1.54, 1.807) is 0 Å². The topological polar surface area (TPSA) is 9.23 Å². The largest absolute Gasteiger partial charge is 0.480 e. The van der Waals surface area contributed by atoms with E-state index in [-0.39, 0.29) is 0 Å². The second-order valence-corrected chi connectivity index (χ2v) is 2.99. The van der Waals surface area contributed by atoms with Crippen LogP contribution >= 0.6 is 31.1 Å². The Morgan fingerprint density at radius 2 is 1.90 bits per heavy atom. The standard InChI is InChI=1S/C6H6ClOPS/c7-10-6-3-1-5(8-9)2-4-6/h1-4H,9H2. The molecule has 0 aliphatic heterocycles. The monoisotopic (exact) mass is 192 g/mol. The van der Waals surface area contributed by atoms with Crippen LogP contribution in [0.2, 0.25) is 0 Å². The molecule has 0 saturated heterocycles. The molecule has 54 valence electrons. The molecule has 0 saturated carbocycles. The fourth-order valence-electron chi connectivity index (χ4n) is 0.570. The van der Waals surface area contributed by atoms with Crippen molar-refractivity contribution >= 4 is 31.1 Å². The quantitative estimate of drug-likeness (QED) is 0.666. The molecule has 4 heteroatoms. The van der Waals surface area contributed by atoms with Gasteiger partial charge in [0.05, 0.1) is 9.47 Å². The molecule has 1 aromatic rings. The highest BCUT2D eigenvalue weighted by atomic mass is 35.7. The number of hydrogen-bond donors (Lipinski definition) is 0. The summed E-state index contributed by atoms with van der Waals surface area (Å²) in [6.45, 7) is 0. The van der Waals surface area contributed by atoms with Gasteiger partial charge < -0.3 is 4.52 Å². The number of benzene rings is 1. The summed E-state index contributed by atoms with van der Waals surface area (Å²) >= 11 is 0. The van der Waals surface area contributed by atoms with Gasteiger partial charge in [0.25, 0.3) is 0 Å². The third-order valence-electron chi connectivity index (χ3n) is 1.05. The lowest BCUT2D eigenvalue weighted by atomic mass is 10.3. The lowest BCUT2D eigenvalue weighted by Gasteiger charge is -1.97. The first-order chi connectivity index (χ1) is 4.86. The van der Waals surface area contributed by atoms with Gasteiger partial charge in [-0.2, -0.15) is 0 Å². The molecule has 10 heavy (non-hydrogen) atoms. The van der Waals surface area contributed by atoms with Crippen LogP contribution in [0.5, 0.6) is 5.75 Å². The average Bonchev–Trinajstić information content (AvgIpc) is 2.05. The van der Waals surface area contributed by atoms with E-state index in [0.29, 0.717) is 0 Å². The van der Waals surface area contributed by atoms with Crippen LogP contribution in [0.4, 0.5) is 0 Å². The van der Waals surface area contributed by atoms with Gasteiger partial charge in [-0.25, -0.2) is 0 Å². The second-order valence-electron chi connectivity index (χ2n) is 1.67. The zero-order valence-corrected chi connectivity index (χ0v) is 7.81. The van der Waals surface area contributed by atoms with Crippen LogP contribution in [0.3, 0.4) is 0 Å². The van der Waals surface area contributed by atoms with Crippen molar-refractivity contribution in [3.63, 3.8) is 0 Å². The summed E-state index contributed by atoms with van der Waals surface area (Å²) in [5.74, 6) is 0.819. The van der Waals surface area contributed by atoms with Gasteiger partial charge in [0.2, 0.25) is 0 Å². The van der Waals surface area contributed by atoms with E-state index in [1.807, 2.05) is 24.3 Å². The van der Waals surface area contributed by atoms with E-state index >= 15 is 0 Å². The predicted octanol–water partition coefficient (Wildman–Crippen LogP) is 3.10. The normalized spacial score (nSPS) is 9.40. The minimum absolute atomic E-state index is 0.819. The number of hydrogen-bond acceptors (Lipinski definition) is 2. The summed E-state index contributed by atoms with van der Waals surface area (Å²) in [7, 11) is 8.88. The van der Waals surface area contributed by atoms with Crippen molar-refractivity contribution in [2.75, 3.05) is 0 Å². The van der Waals surface area contributed by atoms with E-state index in [4.69, 9.17) is 15.2 Å². The zero-order chi connectivity index (χ0) is 7.40. The first-order valence-corrected chi connectivity index (χ1v) is 4.73. The molecular formula is C6H6ClOPS. The van der Waals surface area contributed by atoms with E-state index in [9.17, 15) is 0 Å². The Balaban J connectivity index is 2.80. The van der Waals surface area contributed by atoms with Crippen molar-refractivity contribution in [2.45, 2.75) is 4.90 Å². The summed E-state index contributed by atoms with van der Waals surface area (Å²) in [4.78, 5) is 1.02. The molecule has 0 fully saturated rings. The van der Waals surface area contributed by atoms with E-state index in [1.165, 1.54) is 11.0 Å². The minimum atomic E-state index is 0.819. The Labute approximate surface area is 70.9 Å². The van der Waals surface area contributed by atoms with Gasteiger partial charge in [-0.15, -0.1) is 0 Å². The van der Waals surface area contributed by atoms with Crippen molar-refractivity contribution in [1.82, 2.24) is 0 Å². The first-order valence-electron chi connectivity index (χ1n) is 2.62. The highest BCUT2D eigenvalue weighted by molar-refractivity contribution is 8.21. The maximum Gasteiger partial charge on any atom is 0.122 e. The summed E-state index contributed by atoms with van der Waals surface area (Å²) in [6, 6.07) is 7.52. The van der Waals surface area contributed by atoms with Gasteiger partial charge in [0.1, 0.15) is 5.75 Å². The van der Waals surface area contributed by atoms with E-state index < -0.39 is 0 Å². The van der Waals surface area contributed by atoms with Crippen molar-refractivity contribution in [2.24, 2.45) is 0 Å². The Morgan fingerprint density at radius 3 is 2.30 bits per heavy atom. The fourth-order valence-corrected chi connectivity index (χ4v) is 1.27. The molecule has 0 aromatic heterocycles. The Kier molecular flexibility index (Phi) is 3.33. The Hall–Kier alpha value is 0.0900. The number of halogens is 1. The van der Waals surface area contributed by atoms with Crippen LogP contribution < -0.4 is 4.52 Å². The molecular weight excluding hydrogens is 187 g/mol. The van der Waals surface area contributed by atoms with Gasteiger partial charge in [-0.3, -0.25) is 0 Å². The minimum Gasteiger partial charge on any atom is -0.480 e. The molecule has 0 bridgehead atoms. The maximum absolute atomic E-state index is 5.49. The Bertz CT molecular complexity index is 178. The average molecular weight is 193 g/mol. The third kappa shape index (κ3) is 2.05. The summed E-state index contributed by atoms with van der Waals surface area (Å²) in [5.41, 5.74) is 0. The van der Waals surface area contributed by atoms with Crippen LogP contribution in [0.25, 0.3) is 0 Å². The van der Waals surface area contributed by atoms with Crippen LogP contribution in [0.1, 0.15) is 0 Å². The molecule has 0 heterocycles. The van der Waals surface area contributed by atoms with Crippen LogP contribution in [0.15, 0.2) is 29.2 Å². The lowest BCUT2D eigenvalue weighted by molar-refractivity contribution is 0.645. The molecule has 0 aliphatic carbocycles. The molecule has 0 amide bonds. The van der Waals surface area contributed by atoms with E-state index in [0.717, 1.165) is 10.6 Å². The molecule has 0 aliphatic rings. The van der Waals surface area contributed by atoms with Crippen LogP contribution in [-0.2, 0) is 0 Å². The number of rotatable bonds is 2. The maximum atomic E-state index is 5.49. The van der Waals surface area contributed by atoms with Crippen molar-refractivity contribution in [1.29, 1.82) is 0 Å². The Morgan fingerprint density at radius 1 is 1.30 bits per heavy atom. The molecule has 1 atom stereocenters. The smallest absolute Gasteiger partial charge is 0.122 e. The molecule has 0 radical (unpaired) electrons. The predicted molar refractivity (Wildman–Crippen MR) is 48.5 cm³/mol. The lowest BCUT2D eigenvalue weighted by Crippen LogP contribution is -1.72. The van der Waals surface area contributed by atoms with Gasteiger partial charge in [0, 0.05) is 4.90 Å². The van der Waals surface area contributed by atoms with Gasteiger partial charge in [0.15, 0.2) is 0 Å². The van der Waals surface area contributed by atoms with E-state index in [2.05, 4.69) is 9.47 Å².